The van der Waals surface area contributed by atoms with Crippen LogP contribution < -0.4 is 9.64 Å². The molecule has 0 bridgehead atoms. The van der Waals surface area contributed by atoms with Crippen LogP contribution in [0.25, 0.3) is 5.76 Å². The Hall–Kier alpha value is -2.64. The van der Waals surface area contributed by atoms with Crippen LogP contribution in [0.2, 0.25) is 0 Å². The summed E-state index contributed by atoms with van der Waals surface area (Å²) in [5.41, 5.74) is 1.71. The number of likely N-dealkylation sites (N-methyl/N-ethyl adjacent to an activating group) is 1. The number of carbonyl (C=O) groups excluding carboxylic acids is 2. The molecule has 0 spiro atoms. The van der Waals surface area contributed by atoms with Gasteiger partial charge in [-0.25, -0.2) is 0 Å². The highest BCUT2D eigenvalue weighted by molar-refractivity contribution is 7.10. The molecule has 7 heteroatoms. The van der Waals surface area contributed by atoms with Gasteiger partial charge in [-0.1, -0.05) is 6.07 Å². The minimum Gasteiger partial charge on any atom is -0.507 e. The molecule has 1 fully saturated rings. The van der Waals surface area contributed by atoms with Crippen LogP contribution in [-0.2, 0) is 16.0 Å². The first-order chi connectivity index (χ1) is 13.9. The number of nitrogens with one attached hydrogen (secondary N) is 1. The van der Waals surface area contributed by atoms with E-state index in [1.807, 2.05) is 50.7 Å². The number of Topliss-reactive ketones (excluding diaryl/α,β-unsaturated/α-hetero) is 1. The van der Waals surface area contributed by atoms with Crippen LogP contribution in [0.15, 0.2) is 41.3 Å². The molecule has 1 aromatic carbocycles. The number of ketones is 1. The standard InChI is InChI=1S/C22H24N2O4S/c1-13-11-15-12-14(6-7-16(15)28-13)20(25)18-19(17-5-4-10-29-17)24(9-8-23(2)3)22(27)21(18)26/h4-7,10,12-13,19,25H,8-9,11H2,1-3H3/p+1/t13-,19+/m0/s1. The quantitative estimate of drug-likeness (QED) is 0.444. The van der Waals surface area contributed by atoms with Crippen LogP contribution in [0.4, 0.5) is 0 Å². The molecule has 2 aliphatic heterocycles. The molecular weight excluding hydrogens is 388 g/mol. The molecule has 3 heterocycles. The van der Waals surface area contributed by atoms with Crippen molar-refractivity contribution in [2.75, 3.05) is 27.2 Å². The zero-order valence-electron chi connectivity index (χ0n) is 16.8. The van der Waals surface area contributed by atoms with Crippen molar-refractivity contribution in [3.63, 3.8) is 0 Å². The third-order valence-electron chi connectivity index (χ3n) is 5.37. The maximum atomic E-state index is 12.9. The summed E-state index contributed by atoms with van der Waals surface area (Å²) in [5, 5.41) is 13.0. The van der Waals surface area contributed by atoms with Crippen molar-refractivity contribution in [3.8, 4) is 5.75 Å². The number of aliphatic hydroxyl groups excluding tert-OH is 1. The maximum absolute atomic E-state index is 12.9. The van der Waals surface area contributed by atoms with Gasteiger partial charge in [0.05, 0.1) is 38.8 Å². The molecule has 1 amide bonds. The number of rotatable bonds is 5. The van der Waals surface area contributed by atoms with E-state index in [0.29, 0.717) is 18.7 Å². The minimum atomic E-state index is -0.625. The molecular formula is C22H25N2O4S+. The molecule has 0 aliphatic carbocycles. The first-order valence-electron chi connectivity index (χ1n) is 9.77. The Labute approximate surface area is 174 Å². The smallest absolute Gasteiger partial charge is 0.295 e. The Morgan fingerprint density at radius 1 is 1.31 bits per heavy atom. The van der Waals surface area contributed by atoms with Crippen molar-refractivity contribution in [1.29, 1.82) is 0 Å². The topological polar surface area (TPSA) is 71.3 Å². The van der Waals surface area contributed by atoms with Gasteiger partial charge in [0.25, 0.3) is 11.7 Å². The Kier molecular flexibility index (Phi) is 5.19. The van der Waals surface area contributed by atoms with Crippen LogP contribution in [0.3, 0.4) is 0 Å². The van der Waals surface area contributed by atoms with E-state index >= 15 is 0 Å². The van der Waals surface area contributed by atoms with E-state index in [1.165, 1.54) is 16.2 Å². The first-order valence-corrected chi connectivity index (χ1v) is 10.7. The van der Waals surface area contributed by atoms with Gasteiger partial charge in [0.15, 0.2) is 0 Å². The average molecular weight is 414 g/mol. The SMILES string of the molecule is C[C@H]1Cc2cc(C(O)=C3C(=O)C(=O)N(CC[NH+](C)C)[C@@H]3c3cccs3)ccc2O1. The number of likely N-dealkylation sites (tertiary alicyclic amines) is 1. The molecule has 2 N–H and O–H groups in total. The summed E-state index contributed by atoms with van der Waals surface area (Å²) in [6, 6.07) is 8.66. The largest absolute Gasteiger partial charge is 0.507 e. The van der Waals surface area contributed by atoms with E-state index in [2.05, 4.69) is 0 Å². The predicted molar refractivity (Wildman–Crippen MR) is 111 cm³/mol. The highest BCUT2D eigenvalue weighted by Gasteiger charge is 2.46. The fourth-order valence-electron chi connectivity index (χ4n) is 3.92. The lowest BCUT2D eigenvalue weighted by Crippen LogP contribution is -3.06. The van der Waals surface area contributed by atoms with Gasteiger partial charge in [-0.05, 0) is 42.1 Å². The van der Waals surface area contributed by atoms with Gasteiger partial charge in [-0.15, -0.1) is 11.3 Å². The van der Waals surface area contributed by atoms with Crippen LogP contribution >= 0.6 is 11.3 Å². The van der Waals surface area contributed by atoms with Gasteiger partial charge in [0, 0.05) is 16.9 Å². The molecule has 29 heavy (non-hydrogen) atoms. The van der Waals surface area contributed by atoms with Gasteiger partial charge in [0.1, 0.15) is 17.6 Å². The second kappa shape index (κ2) is 7.65. The van der Waals surface area contributed by atoms with Crippen LogP contribution in [0.5, 0.6) is 5.75 Å². The number of amides is 1. The van der Waals surface area contributed by atoms with E-state index < -0.39 is 17.7 Å². The number of fused-ring (bicyclic) bond motifs is 1. The second-order valence-corrected chi connectivity index (χ2v) is 8.90. The minimum absolute atomic E-state index is 0.0904. The normalized spacial score (nSPS) is 23.0. The molecule has 2 atom stereocenters. The van der Waals surface area contributed by atoms with Crippen LogP contribution in [0, 0.1) is 0 Å². The summed E-state index contributed by atoms with van der Waals surface area (Å²) in [4.78, 5) is 29.4. The number of nitrogens with zero attached hydrogens (tertiary/aromatic N) is 1. The number of benzene rings is 1. The van der Waals surface area contributed by atoms with E-state index in [-0.39, 0.29) is 17.4 Å². The monoisotopic (exact) mass is 413 g/mol. The third-order valence-corrected chi connectivity index (χ3v) is 6.30. The van der Waals surface area contributed by atoms with Gasteiger partial charge in [-0.2, -0.15) is 0 Å². The van der Waals surface area contributed by atoms with E-state index in [9.17, 15) is 14.7 Å². The van der Waals surface area contributed by atoms with Crippen LogP contribution in [0.1, 0.15) is 29.0 Å². The number of hydrogen-bond donors (Lipinski definition) is 2. The summed E-state index contributed by atoms with van der Waals surface area (Å²) in [6.07, 6.45) is 0.845. The van der Waals surface area contributed by atoms with Gasteiger partial charge in [-0.3, -0.25) is 9.59 Å². The van der Waals surface area contributed by atoms with Crippen molar-refractivity contribution < 1.29 is 24.3 Å². The van der Waals surface area contributed by atoms with Crippen molar-refractivity contribution in [1.82, 2.24) is 4.90 Å². The summed E-state index contributed by atoms with van der Waals surface area (Å²) in [6.45, 7) is 3.15. The fraction of sp³-hybridized carbons (Fsp3) is 0.364. The fourth-order valence-corrected chi connectivity index (χ4v) is 4.77. The lowest BCUT2D eigenvalue weighted by molar-refractivity contribution is -0.857. The Morgan fingerprint density at radius 3 is 2.79 bits per heavy atom. The van der Waals surface area contributed by atoms with Crippen LogP contribution in [-0.4, -0.2) is 55.0 Å². The van der Waals surface area contributed by atoms with Crippen molar-refractivity contribution in [2.24, 2.45) is 0 Å². The van der Waals surface area contributed by atoms with Crippen molar-refractivity contribution in [3.05, 3.63) is 57.3 Å². The lowest BCUT2D eigenvalue weighted by Gasteiger charge is -2.24. The second-order valence-electron chi connectivity index (χ2n) is 7.92. The molecule has 1 aromatic heterocycles. The van der Waals surface area contributed by atoms with Gasteiger partial charge >= 0.3 is 0 Å². The predicted octanol–water partition coefficient (Wildman–Crippen LogP) is 1.64. The molecule has 4 rings (SSSR count). The molecule has 2 aromatic rings. The number of thiophene rings is 1. The summed E-state index contributed by atoms with van der Waals surface area (Å²) >= 11 is 1.48. The van der Waals surface area contributed by atoms with Crippen molar-refractivity contribution in [2.45, 2.75) is 25.5 Å². The molecule has 152 valence electrons. The number of quaternary nitrogens is 1. The molecule has 0 saturated carbocycles. The van der Waals surface area contributed by atoms with Gasteiger partial charge < -0.3 is 19.6 Å². The molecule has 0 unspecified atom stereocenters. The number of hydrogen-bond acceptors (Lipinski definition) is 5. The first kappa shape index (κ1) is 19.7. The summed E-state index contributed by atoms with van der Waals surface area (Å²) < 4.78 is 5.73. The Bertz CT molecular complexity index is 981. The summed E-state index contributed by atoms with van der Waals surface area (Å²) in [5.74, 6) is -0.494. The molecule has 0 radical (unpaired) electrons. The third kappa shape index (κ3) is 3.56. The van der Waals surface area contributed by atoms with Gasteiger partial charge in [0.2, 0.25) is 0 Å². The zero-order valence-corrected chi connectivity index (χ0v) is 17.6. The zero-order chi connectivity index (χ0) is 20.7. The van der Waals surface area contributed by atoms with E-state index in [1.54, 1.807) is 11.0 Å². The Balaban J connectivity index is 1.78. The highest BCUT2D eigenvalue weighted by atomic mass is 32.1. The maximum Gasteiger partial charge on any atom is 0.295 e. The molecule has 6 nitrogen and oxygen atoms in total. The summed E-state index contributed by atoms with van der Waals surface area (Å²) in [7, 11) is 4.01. The molecule has 1 saturated heterocycles. The van der Waals surface area contributed by atoms with E-state index in [4.69, 9.17) is 4.74 Å². The number of carbonyl (C=O) groups is 2. The van der Waals surface area contributed by atoms with E-state index in [0.717, 1.165) is 22.6 Å². The number of aliphatic hydroxyl groups is 1. The Morgan fingerprint density at radius 2 is 2.10 bits per heavy atom. The number of ether oxygens (including phenoxy) is 1. The highest BCUT2D eigenvalue weighted by Crippen LogP contribution is 2.41. The molecule has 2 aliphatic rings. The average Bonchev–Trinajstić information content (AvgIpc) is 3.38. The lowest BCUT2D eigenvalue weighted by atomic mass is 9.98. The van der Waals surface area contributed by atoms with Crippen molar-refractivity contribution >= 4 is 28.8 Å².